The molecule has 31 heavy (non-hydrogen) atoms. The normalized spacial score (nSPS) is 11.3. The monoisotopic (exact) mass is 470 g/mol. The number of hydrogen-bond donors (Lipinski definition) is 0. The van der Waals surface area contributed by atoms with Gasteiger partial charge in [0.25, 0.3) is 5.56 Å². The van der Waals surface area contributed by atoms with Crippen LogP contribution in [0.2, 0.25) is 9.62 Å². The van der Waals surface area contributed by atoms with Crippen molar-refractivity contribution in [1.82, 2.24) is 29.9 Å². The number of hydrogen-bond acceptors (Lipinski definition) is 8. The van der Waals surface area contributed by atoms with Crippen LogP contribution in [0, 0.1) is 0 Å². The molecule has 8 nitrogen and oxygen atoms in total. The van der Waals surface area contributed by atoms with Gasteiger partial charge in [0.1, 0.15) is 5.15 Å². The molecule has 0 bridgehead atoms. The van der Waals surface area contributed by atoms with Crippen molar-refractivity contribution in [2.45, 2.75) is 13.0 Å². The predicted molar refractivity (Wildman–Crippen MR) is 118 cm³/mol. The second-order valence-electron chi connectivity index (χ2n) is 6.58. The molecule has 4 aromatic heterocycles. The molecule has 0 atom stereocenters. The van der Waals surface area contributed by atoms with E-state index >= 15 is 0 Å². The number of fused-ring (bicyclic) bond motifs is 1. The zero-order chi connectivity index (χ0) is 21.4. The second-order valence-corrected chi connectivity index (χ2v) is 8.67. The van der Waals surface area contributed by atoms with E-state index in [2.05, 4.69) is 25.3 Å². The topological polar surface area (TPSA) is 99.6 Å². The Kier molecular flexibility index (Phi) is 5.23. The van der Waals surface area contributed by atoms with Crippen molar-refractivity contribution in [3.63, 3.8) is 0 Å². The summed E-state index contributed by atoms with van der Waals surface area (Å²) in [7, 11) is 0. The van der Waals surface area contributed by atoms with Crippen LogP contribution in [-0.2, 0) is 13.0 Å². The highest BCUT2D eigenvalue weighted by molar-refractivity contribution is 7.15. The molecule has 0 unspecified atom stereocenters. The van der Waals surface area contributed by atoms with Gasteiger partial charge in [-0.15, -0.1) is 21.5 Å². The Bertz CT molecular complexity index is 1440. The van der Waals surface area contributed by atoms with Gasteiger partial charge in [0.15, 0.2) is 4.47 Å². The minimum Gasteiger partial charge on any atom is -0.420 e. The lowest BCUT2D eigenvalue weighted by atomic mass is 10.1. The lowest BCUT2D eigenvalue weighted by Gasteiger charge is -2.09. The molecular weight excluding hydrogens is 459 g/mol. The third kappa shape index (κ3) is 4.07. The minimum atomic E-state index is -0.192. The van der Waals surface area contributed by atoms with Gasteiger partial charge in [0, 0.05) is 22.7 Å². The van der Waals surface area contributed by atoms with E-state index in [1.165, 1.54) is 16.0 Å². The van der Waals surface area contributed by atoms with E-state index in [4.69, 9.17) is 27.6 Å². The van der Waals surface area contributed by atoms with E-state index < -0.39 is 0 Å². The quantitative estimate of drug-likeness (QED) is 0.354. The summed E-state index contributed by atoms with van der Waals surface area (Å²) in [5, 5.41) is 14.5. The number of nitrogens with zero attached hydrogens (tertiary/aromatic N) is 6. The van der Waals surface area contributed by atoms with Crippen LogP contribution in [0.25, 0.3) is 22.2 Å². The van der Waals surface area contributed by atoms with Gasteiger partial charge < -0.3 is 4.42 Å². The molecular formula is C20H12Cl2N6O2S. The average Bonchev–Trinajstić information content (AvgIpc) is 3.41. The van der Waals surface area contributed by atoms with Gasteiger partial charge in [-0.25, -0.2) is 14.6 Å². The molecule has 0 saturated carbocycles. The Labute approximate surface area is 189 Å². The molecule has 0 fully saturated rings. The van der Waals surface area contributed by atoms with E-state index in [1.54, 1.807) is 30.6 Å². The standard InChI is InChI=1S/C20H12Cl2N6O2S/c21-16-6-5-11(8-23-16)18-26-25-17(30-18)7-15-13-3-1-2-4-14(13)19(29)28(27-15)10-12-9-24-20(22)31-12/h1-6,8-9H,7,10H2. The Morgan fingerprint density at radius 3 is 2.58 bits per heavy atom. The van der Waals surface area contributed by atoms with Crippen molar-refractivity contribution in [1.29, 1.82) is 0 Å². The number of pyridine rings is 1. The first-order chi connectivity index (χ1) is 15.1. The minimum absolute atomic E-state index is 0.192. The Hall–Kier alpha value is -3.14. The van der Waals surface area contributed by atoms with E-state index in [0.717, 1.165) is 10.3 Å². The molecule has 0 amide bonds. The smallest absolute Gasteiger partial charge is 0.274 e. The maximum atomic E-state index is 12.9. The molecule has 0 aliphatic carbocycles. The van der Waals surface area contributed by atoms with Gasteiger partial charge in [0.05, 0.1) is 29.6 Å². The third-order valence-corrected chi connectivity index (χ3v) is 5.86. The predicted octanol–water partition coefficient (Wildman–Crippen LogP) is 4.24. The van der Waals surface area contributed by atoms with Crippen LogP contribution >= 0.6 is 34.5 Å². The summed E-state index contributed by atoms with van der Waals surface area (Å²) in [5.74, 6) is 0.699. The summed E-state index contributed by atoms with van der Waals surface area (Å²) >= 11 is 13.1. The maximum absolute atomic E-state index is 12.9. The van der Waals surface area contributed by atoms with Gasteiger partial charge in [-0.3, -0.25) is 4.79 Å². The first kappa shape index (κ1) is 19.8. The second kappa shape index (κ2) is 8.18. The highest BCUT2D eigenvalue weighted by Crippen LogP contribution is 2.22. The molecule has 11 heteroatoms. The van der Waals surface area contributed by atoms with E-state index in [9.17, 15) is 4.79 Å². The number of benzene rings is 1. The van der Waals surface area contributed by atoms with E-state index in [1.807, 2.05) is 18.2 Å². The van der Waals surface area contributed by atoms with E-state index in [-0.39, 0.29) is 18.5 Å². The average molecular weight is 471 g/mol. The summed E-state index contributed by atoms with van der Waals surface area (Å²) in [4.78, 5) is 21.8. The van der Waals surface area contributed by atoms with Gasteiger partial charge in [-0.2, -0.15) is 5.10 Å². The summed E-state index contributed by atoms with van der Waals surface area (Å²) < 4.78 is 7.62. The summed E-state index contributed by atoms with van der Waals surface area (Å²) in [6.07, 6.45) is 3.46. The van der Waals surface area contributed by atoms with Crippen LogP contribution in [-0.4, -0.2) is 29.9 Å². The fourth-order valence-corrected chi connectivity index (χ4v) is 4.21. The maximum Gasteiger partial charge on any atom is 0.274 e. The van der Waals surface area contributed by atoms with Crippen molar-refractivity contribution in [3.8, 4) is 11.5 Å². The highest BCUT2D eigenvalue weighted by atomic mass is 35.5. The SMILES string of the molecule is O=c1c2ccccc2c(Cc2nnc(-c3ccc(Cl)nc3)o2)nn1Cc1cnc(Cl)s1. The van der Waals surface area contributed by atoms with Gasteiger partial charge in [-0.05, 0) is 18.2 Å². The van der Waals surface area contributed by atoms with Gasteiger partial charge >= 0.3 is 0 Å². The van der Waals surface area contributed by atoms with Gasteiger partial charge in [0.2, 0.25) is 11.8 Å². The van der Waals surface area contributed by atoms with Crippen LogP contribution in [0.1, 0.15) is 16.5 Å². The Balaban J connectivity index is 1.52. The van der Waals surface area contributed by atoms with Crippen molar-refractivity contribution < 1.29 is 4.42 Å². The van der Waals surface area contributed by atoms with Crippen molar-refractivity contribution in [2.75, 3.05) is 0 Å². The third-order valence-electron chi connectivity index (χ3n) is 4.54. The fraction of sp³-hybridized carbons (Fsp3) is 0.100. The lowest BCUT2D eigenvalue weighted by molar-refractivity contribution is 0.512. The van der Waals surface area contributed by atoms with Gasteiger partial charge in [-0.1, -0.05) is 41.4 Å². The summed E-state index contributed by atoms with van der Waals surface area (Å²) in [5.41, 5.74) is 1.12. The number of halogens is 2. The molecule has 0 aliphatic rings. The molecule has 0 spiro atoms. The number of thiazole rings is 1. The van der Waals surface area contributed by atoms with Crippen LogP contribution in [0.15, 0.2) is 58.0 Å². The summed E-state index contributed by atoms with van der Waals surface area (Å²) in [6.45, 7) is 0.270. The zero-order valence-corrected chi connectivity index (χ0v) is 18.0. The molecule has 0 N–H and O–H groups in total. The largest absolute Gasteiger partial charge is 0.420 e. The zero-order valence-electron chi connectivity index (χ0n) is 15.7. The number of rotatable bonds is 5. The molecule has 1 aromatic carbocycles. The van der Waals surface area contributed by atoms with Crippen molar-refractivity contribution in [3.05, 3.63) is 85.2 Å². The summed E-state index contributed by atoms with van der Waals surface area (Å²) in [6, 6.07) is 10.7. The Morgan fingerprint density at radius 2 is 1.84 bits per heavy atom. The molecule has 4 heterocycles. The molecule has 5 aromatic rings. The number of aromatic nitrogens is 6. The van der Waals surface area contributed by atoms with Crippen LogP contribution in [0.3, 0.4) is 0 Å². The lowest BCUT2D eigenvalue weighted by Crippen LogP contribution is -2.25. The van der Waals surface area contributed by atoms with Crippen LogP contribution in [0.5, 0.6) is 0 Å². The van der Waals surface area contributed by atoms with Crippen LogP contribution in [0.4, 0.5) is 0 Å². The molecule has 0 saturated heterocycles. The first-order valence-corrected chi connectivity index (χ1v) is 10.7. The first-order valence-electron chi connectivity index (χ1n) is 9.10. The molecule has 5 rings (SSSR count). The molecule has 0 radical (unpaired) electrons. The highest BCUT2D eigenvalue weighted by Gasteiger charge is 2.16. The molecule has 154 valence electrons. The molecule has 0 aliphatic heterocycles. The fourth-order valence-electron chi connectivity index (χ4n) is 3.13. The van der Waals surface area contributed by atoms with Crippen molar-refractivity contribution in [2.24, 2.45) is 0 Å². The van der Waals surface area contributed by atoms with Crippen molar-refractivity contribution >= 4 is 45.3 Å². The Morgan fingerprint density at radius 1 is 1.00 bits per heavy atom. The van der Waals surface area contributed by atoms with E-state index in [0.29, 0.717) is 38.0 Å². The van der Waals surface area contributed by atoms with Crippen LogP contribution < -0.4 is 5.56 Å².